The molecule has 2 aliphatic heterocycles. The third-order valence-electron chi connectivity index (χ3n) is 7.07. The zero-order valence-corrected chi connectivity index (χ0v) is 19.6. The summed E-state index contributed by atoms with van der Waals surface area (Å²) in [6.45, 7) is 14.3. The lowest BCUT2D eigenvalue weighted by atomic mass is 9.78. The maximum absolute atomic E-state index is 6.15. The summed E-state index contributed by atoms with van der Waals surface area (Å²) in [7, 11) is 0. The van der Waals surface area contributed by atoms with Gasteiger partial charge in [0.1, 0.15) is 18.6 Å². The van der Waals surface area contributed by atoms with Crippen molar-refractivity contribution in [1.29, 1.82) is 0 Å². The number of hydrogen-bond donors (Lipinski definition) is 0. The summed E-state index contributed by atoms with van der Waals surface area (Å²) in [5.74, 6) is 1.44. The molecule has 0 fully saturated rings. The van der Waals surface area contributed by atoms with Gasteiger partial charge in [-0.25, -0.2) is 9.98 Å². The second-order valence-corrected chi connectivity index (χ2v) is 10.3. The molecule has 164 valence electrons. The molecule has 0 radical (unpaired) electrons. The summed E-state index contributed by atoms with van der Waals surface area (Å²) in [5.41, 5.74) is 1.81. The fraction of sp³-hybridized carbons (Fsp3) is 0.481. The van der Waals surface area contributed by atoms with Gasteiger partial charge in [0, 0.05) is 10.8 Å². The van der Waals surface area contributed by atoms with Crippen molar-refractivity contribution >= 4 is 11.8 Å². The van der Waals surface area contributed by atoms with Crippen molar-refractivity contribution in [2.45, 2.75) is 64.5 Å². The molecule has 4 rings (SSSR count). The largest absolute Gasteiger partial charge is 0.478 e. The molecule has 2 aromatic rings. The van der Waals surface area contributed by atoms with Gasteiger partial charge < -0.3 is 9.47 Å². The van der Waals surface area contributed by atoms with Crippen LogP contribution in [0.25, 0.3) is 0 Å². The Labute approximate surface area is 186 Å². The van der Waals surface area contributed by atoms with Crippen molar-refractivity contribution in [2.24, 2.45) is 15.4 Å². The molecular formula is C27H34N2O2. The fourth-order valence-corrected chi connectivity index (χ4v) is 4.38. The predicted molar refractivity (Wildman–Crippen MR) is 127 cm³/mol. The van der Waals surface area contributed by atoms with Crippen molar-refractivity contribution < 1.29 is 9.47 Å². The summed E-state index contributed by atoms with van der Waals surface area (Å²) in [5, 5.41) is 0. The first kappa shape index (κ1) is 21.6. The molecule has 2 aliphatic rings. The first-order valence-electron chi connectivity index (χ1n) is 11.2. The lowest BCUT2D eigenvalue weighted by Crippen LogP contribution is -2.34. The van der Waals surface area contributed by atoms with Crippen LogP contribution >= 0.6 is 0 Å². The molecule has 4 nitrogen and oxygen atoms in total. The third-order valence-corrected chi connectivity index (χ3v) is 7.07. The van der Waals surface area contributed by atoms with Gasteiger partial charge in [-0.1, -0.05) is 88.4 Å². The fourth-order valence-electron chi connectivity index (χ4n) is 4.38. The van der Waals surface area contributed by atoms with Gasteiger partial charge in [-0.2, -0.15) is 0 Å². The topological polar surface area (TPSA) is 43.2 Å². The molecule has 0 aromatic heterocycles. The van der Waals surface area contributed by atoms with E-state index >= 15 is 0 Å². The van der Waals surface area contributed by atoms with Crippen LogP contribution in [0, 0.1) is 5.41 Å². The van der Waals surface area contributed by atoms with Gasteiger partial charge in [0.05, 0.1) is 12.1 Å². The van der Waals surface area contributed by atoms with Crippen molar-refractivity contribution in [2.75, 3.05) is 13.2 Å². The monoisotopic (exact) mass is 418 g/mol. The van der Waals surface area contributed by atoms with Crippen LogP contribution in [0.15, 0.2) is 70.6 Å². The molecule has 0 unspecified atom stereocenters. The molecule has 0 N–H and O–H groups in total. The molecule has 0 aliphatic carbocycles. The van der Waals surface area contributed by atoms with Crippen molar-refractivity contribution in [3.8, 4) is 0 Å². The van der Waals surface area contributed by atoms with E-state index in [1.54, 1.807) is 0 Å². The van der Waals surface area contributed by atoms with Crippen molar-refractivity contribution in [3.63, 3.8) is 0 Å². The summed E-state index contributed by atoms with van der Waals surface area (Å²) in [4.78, 5) is 10.1. The van der Waals surface area contributed by atoms with E-state index in [9.17, 15) is 0 Å². The highest BCUT2D eigenvalue weighted by Crippen LogP contribution is 2.38. The highest BCUT2D eigenvalue weighted by Gasteiger charge is 2.46. The second-order valence-electron chi connectivity index (χ2n) is 10.3. The third kappa shape index (κ3) is 3.88. The van der Waals surface area contributed by atoms with Gasteiger partial charge in [0.15, 0.2) is 11.8 Å². The maximum atomic E-state index is 6.15. The highest BCUT2D eigenvalue weighted by molar-refractivity contribution is 6.05. The summed E-state index contributed by atoms with van der Waals surface area (Å²) >= 11 is 0. The summed E-state index contributed by atoms with van der Waals surface area (Å²) < 4.78 is 12.3. The Morgan fingerprint density at radius 2 is 0.968 bits per heavy atom. The van der Waals surface area contributed by atoms with Gasteiger partial charge in [0.2, 0.25) is 0 Å². The van der Waals surface area contributed by atoms with E-state index in [-0.39, 0.29) is 22.9 Å². The highest BCUT2D eigenvalue weighted by atomic mass is 16.5. The lowest BCUT2D eigenvalue weighted by molar-refractivity contribution is 0.237. The van der Waals surface area contributed by atoms with Gasteiger partial charge in [0.25, 0.3) is 0 Å². The smallest absolute Gasteiger partial charge is 0.199 e. The Hall–Kier alpha value is -2.62. The number of benzene rings is 2. The Balaban J connectivity index is 1.56. The van der Waals surface area contributed by atoms with Crippen LogP contribution in [0.1, 0.15) is 52.7 Å². The predicted octanol–water partition coefficient (Wildman–Crippen LogP) is 5.56. The van der Waals surface area contributed by atoms with Crippen LogP contribution in [0.3, 0.4) is 0 Å². The Morgan fingerprint density at radius 1 is 0.613 bits per heavy atom. The molecule has 31 heavy (non-hydrogen) atoms. The average Bonchev–Trinajstić information content (AvgIpc) is 3.46. The molecule has 0 bridgehead atoms. The van der Waals surface area contributed by atoms with E-state index in [1.807, 2.05) is 12.1 Å². The number of aliphatic imine (C=N–C) groups is 2. The summed E-state index contributed by atoms with van der Waals surface area (Å²) in [6, 6.07) is 21.2. The molecule has 4 heteroatoms. The second kappa shape index (κ2) is 7.81. The van der Waals surface area contributed by atoms with E-state index in [1.165, 1.54) is 11.1 Å². The maximum Gasteiger partial charge on any atom is 0.199 e. The van der Waals surface area contributed by atoms with Crippen LogP contribution in [0.4, 0.5) is 0 Å². The van der Waals surface area contributed by atoms with E-state index < -0.39 is 5.41 Å². The number of nitrogens with zero attached hydrogens (tertiary/aromatic N) is 2. The lowest BCUT2D eigenvalue weighted by Gasteiger charge is -2.29. The molecule has 2 atom stereocenters. The first-order chi connectivity index (χ1) is 14.6. The van der Waals surface area contributed by atoms with Crippen LogP contribution in [-0.4, -0.2) is 37.1 Å². The Kier molecular flexibility index (Phi) is 5.45. The van der Waals surface area contributed by atoms with Crippen molar-refractivity contribution in [1.82, 2.24) is 0 Å². The van der Waals surface area contributed by atoms with E-state index in [2.05, 4.69) is 90.1 Å². The van der Waals surface area contributed by atoms with Crippen LogP contribution in [0.2, 0.25) is 0 Å². The molecule has 0 saturated carbocycles. The normalized spacial score (nSPS) is 21.9. The minimum Gasteiger partial charge on any atom is -0.478 e. The molecule has 2 heterocycles. The zero-order valence-electron chi connectivity index (χ0n) is 19.6. The molecule has 0 saturated heterocycles. The molecule has 0 spiro atoms. The van der Waals surface area contributed by atoms with E-state index in [0.29, 0.717) is 13.2 Å². The molecular weight excluding hydrogens is 384 g/mol. The minimum absolute atomic E-state index is 0.0581. The van der Waals surface area contributed by atoms with Crippen LogP contribution in [-0.2, 0) is 20.3 Å². The van der Waals surface area contributed by atoms with Gasteiger partial charge in [-0.05, 0) is 25.0 Å². The molecule has 2 aromatic carbocycles. The van der Waals surface area contributed by atoms with E-state index in [0.717, 1.165) is 11.8 Å². The van der Waals surface area contributed by atoms with Gasteiger partial charge in [-0.3, -0.25) is 0 Å². The van der Waals surface area contributed by atoms with Gasteiger partial charge >= 0.3 is 0 Å². The SMILES string of the molecule is CC(C)(C1=N[C@@H](C(C)(C)c2ccccc2)CO1)C1=N[C@@H](C(C)(C)c2ccccc2)CO1. The first-order valence-corrected chi connectivity index (χ1v) is 11.2. The molecule has 0 amide bonds. The number of rotatable bonds is 6. The quantitative estimate of drug-likeness (QED) is 0.616. The van der Waals surface area contributed by atoms with Gasteiger partial charge in [-0.15, -0.1) is 0 Å². The number of ether oxygens (including phenoxy) is 2. The Morgan fingerprint density at radius 3 is 1.32 bits per heavy atom. The van der Waals surface area contributed by atoms with E-state index in [4.69, 9.17) is 19.5 Å². The average molecular weight is 419 g/mol. The van der Waals surface area contributed by atoms with Crippen molar-refractivity contribution in [3.05, 3.63) is 71.8 Å². The van der Waals surface area contributed by atoms with Crippen LogP contribution < -0.4 is 0 Å². The Bertz CT molecular complexity index is 895. The summed E-state index contributed by atoms with van der Waals surface area (Å²) in [6.07, 6.45) is 0. The standard InChI is InChI=1S/C27H34N2O2/c1-25(2,19-13-9-7-10-14-19)21-17-30-23(28-21)27(5,6)24-29-22(18-31-24)26(3,4)20-15-11-8-12-16-20/h7-16,21-22H,17-18H2,1-6H3/t21-,22-/m1/s1. The van der Waals surface area contributed by atoms with Crippen LogP contribution in [0.5, 0.6) is 0 Å². The minimum atomic E-state index is -0.497. The number of hydrogen-bond acceptors (Lipinski definition) is 4. The zero-order chi connectivity index (χ0) is 22.3.